The van der Waals surface area contributed by atoms with Crippen molar-refractivity contribution >= 4 is 25.1 Å². The van der Waals surface area contributed by atoms with Gasteiger partial charge >= 0.3 is 6.09 Å². The van der Waals surface area contributed by atoms with E-state index in [1.54, 1.807) is 0 Å². The molecule has 2 saturated heterocycles. The molecule has 2 aliphatic rings. The minimum Gasteiger partial charge on any atom is -0.442 e. The summed E-state index contributed by atoms with van der Waals surface area (Å²) in [5, 5.41) is 2.54. The number of cyclic esters (lactones) is 1. The molecule has 0 aliphatic carbocycles. The van der Waals surface area contributed by atoms with Crippen LogP contribution in [0.15, 0.2) is 12.1 Å². The van der Waals surface area contributed by atoms with E-state index >= 15 is 0 Å². The lowest BCUT2D eigenvalue weighted by atomic mass is 9.92. The average Bonchev–Trinajstić information content (AvgIpc) is 3.02. The number of ether oxygens (including phenoxy) is 1. The van der Waals surface area contributed by atoms with Gasteiger partial charge in [0.05, 0.1) is 18.8 Å². The second-order valence-electron chi connectivity index (χ2n) is 7.10. The van der Waals surface area contributed by atoms with Gasteiger partial charge in [-0.1, -0.05) is 0 Å². The van der Waals surface area contributed by atoms with Gasteiger partial charge in [-0.25, -0.2) is 13.6 Å². The number of nitrogens with zero attached hydrogens (tertiary/aromatic N) is 1. The Morgan fingerprint density at radius 1 is 1.32 bits per heavy atom. The molecule has 1 aromatic rings. The fraction of sp³-hybridized carbons (Fsp3) is 0.556. The maximum absolute atomic E-state index is 14.7. The van der Waals surface area contributed by atoms with Crippen molar-refractivity contribution in [3.8, 4) is 0 Å². The van der Waals surface area contributed by atoms with E-state index in [1.165, 1.54) is 14.0 Å². The molecule has 0 saturated carbocycles. The number of benzene rings is 1. The first-order valence-corrected chi connectivity index (χ1v) is 11.1. The molecule has 28 heavy (non-hydrogen) atoms. The first-order valence-electron chi connectivity index (χ1n) is 9.08. The molecule has 154 valence electrons. The molecule has 1 atom stereocenters. The number of nitrogens with one attached hydrogen (secondary N) is 1. The van der Waals surface area contributed by atoms with Gasteiger partial charge in [0.15, 0.2) is 0 Å². The first-order chi connectivity index (χ1) is 13.2. The van der Waals surface area contributed by atoms with E-state index in [2.05, 4.69) is 5.32 Å². The summed E-state index contributed by atoms with van der Waals surface area (Å²) in [6.07, 6.45) is 0.0197. The summed E-state index contributed by atoms with van der Waals surface area (Å²) in [6.45, 7) is 1.55. The van der Waals surface area contributed by atoms with Crippen molar-refractivity contribution in [3.63, 3.8) is 0 Å². The van der Waals surface area contributed by atoms with Gasteiger partial charge in [0.25, 0.3) is 0 Å². The lowest BCUT2D eigenvalue weighted by molar-refractivity contribution is -0.119. The highest BCUT2D eigenvalue weighted by Gasteiger charge is 2.36. The Morgan fingerprint density at radius 2 is 1.93 bits per heavy atom. The molecule has 2 fully saturated rings. The predicted octanol–water partition coefficient (Wildman–Crippen LogP) is 3.23. The van der Waals surface area contributed by atoms with Crippen molar-refractivity contribution in [2.45, 2.75) is 31.8 Å². The molecule has 0 spiro atoms. The van der Waals surface area contributed by atoms with Crippen molar-refractivity contribution in [2.75, 3.05) is 37.4 Å². The van der Waals surface area contributed by atoms with Crippen molar-refractivity contribution in [1.82, 2.24) is 5.32 Å². The molecule has 0 bridgehead atoms. The van der Waals surface area contributed by atoms with E-state index < -0.39 is 31.2 Å². The molecular formula is C18H23F2N2O5P. The summed E-state index contributed by atoms with van der Waals surface area (Å²) >= 11 is 0. The Labute approximate surface area is 161 Å². The van der Waals surface area contributed by atoms with Gasteiger partial charge in [0.1, 0.15) is 17.7 Å². The van der Waals surface area contributed by atoms with Gasteiger partial charge < -0.3 is 14.6 Å². The number of carbonyl (C=O) groups excluding carboxylic acids is 2. The van der Waals surface area contributed by atoms with Crippen LogP contribution in [0.4, 0.5) is 19.3 Å². The quantitative estimate of drug-likeness (QED) is 0.745. The molecule has 0 unspecified atom stereocenters. The minimum atomic E-state index is -2.68. The third-order valence-electron chi connectivity index (χ3n) is 5.21. The van der Waals surface area contributed by atoms with Crippen LogP contribution in [-0.4, -0.2) is 50.6 Å². The van der Waals surface area contributed by atoms with Crippen LogP contribution in [0.1, 0.15) is 31.2 Å². The molecule has 10 heteroatoms. The van der Waals surface area contributed by atoms with E-state index in [1.807, 2.05) is 0 Å². The predicted molar refractivity (Wildman–Crippen MR) is 99.0 cm³/mol. The van der Waals surface area contributed by atoms with Crippen LogP contribution < -0.4 is 10.2 Å². The summed E-state index contributed by atoms with van der Waals surface area (Å²) < 4.78 is 51.9. The smallest absolute Gasteiger partial charge is 0.414 e. The van der Waals surface area contributed by atoms with Gasteiger partial charge in [-0.15, -0.1) is 0 Å². The van der Waals surface area contributed by atoms with Crippen molar-refractivity contribution in [2.24, 2.45) is 0 Å². The lowest BCUT2D eigenvalue weighted by Crippen LogP contribution is -2.33. The third-order valence-corrected chi connectivity index (χ3v) is 7.75. The topological polar surface area (TPSA) is 84.9 Å². The first kappa shape index (κ1) is 20.7. The highest BCUT2D eigenvalue weighted by molar-refractivity contribution is 7.59. The van der Waals surface area contributed by atoms with Gasteiger partial charge in [0, 0.05) is 31.9 Å². The molecular weight excluding hydrogens is 393 g/mol. The van der Waals surface area contributed by atoms with Crippen molar-refractivity contribution in [1.29, 1.82) is 0 Å². The summed E-state index contributed by atoms with van der Waals surface area (Å²) in [7, 11) is -1.29. The van der Waals surface area contributed by atoms with Gasteiger partial charge in [-0.2, -0.15) is 0 Å². The Bertz CT molecular complexity index is 799. The van der Waals surface area contributed by atoms with Gasteiger partial charge in [-0.05, 0) is 30.9 Å². The standard InChI is InChI=1S/C18H23F2N2O5P/c1-11(23)21-9-14-10-22(18(24)27-14)13-7-15(19)17(16(20)8-13)12-3-5-28(25,26-2)6-4-12/h7-8,12,14H,3-6,9-10H2,1-2H3,(H,21,23)/t12?,14-,28?/m0/s1. The van der Waals surface area contributed by atoms with E-state index in [4.69, 9.17) is 9.26 Å². The molecule has 0 aromatic heterocycles. The average molecular weight is 416 g/mol. The maximum atomic E-state index is 14.7. The van der Waals surface area contributed by atoms with E-state index in [0.717, 1.165) is 17.0 Å². The summed E-state index contributed by atoms with van der Waals surface area (Å²) in [5.41, 5.74) is 0.0147. The number of anilines is 1. The van der Waals surface area contributed by atoms with Crippen LogP contribution in [0.2, 0.25) is 0 Å². The van der Waals surface area contributed by atoms with Crippen LogP contribution in [-0.2, 0) is 18.6 Å². The van der Waals surface area contributed by atoms with Crippen LogP contribution in [0.3, 0.4) is 0 Å². The van der Waals surface area contributed by atoms with Crippen molar-refractivity contribution in [3.05, 3.63) is 29.3 Å². The Morgan fingerprint density at radius 3 is 2.46 bits per heavy atom. The number of halogens is 2. The number of hydrogen-bond acceptors (Lipinski definition) is 5. The van der Waals surface area contributed by atoms with Crippen LogP contribution in [0, 0.1) is 11.6 Å². The summed E-state index contributed by atoms with van der Waals surface area (Å²) in [6, 6.07) is 2.23. The highest BCUT2D eigenvalue weighted by Crippen LogP contribution is 2.54. The number of hydrogen-bond donors (Lipinski definition) is 1. The van der Waals surface area contributed by atoms with Gasteiger partial charge in [0.2, 0.25) is 13.3 Å². The summed E-state index contributed by atoms with van der Waals surface area (Å²) in [5.74, 6) is -2.13. The molecule has 1 aromatic carbocycles. The Kier molecular flexibility index (Phi) is 6.05. The largest absolute Gasteiger partial charge is 0.442 e. The number of amides is 2. The maximum Gasteiger partial charge on any atom is 0.414 e. The molecule has 3 rings (SSSR count). The van der Waals surface area contributed by atoms with Gasteiger partial charge in [-0.3, -0.25) is 14.3 Å². The number of carbonyl (C=O) groups is 2. The zero-order valence-electron chi connectivity index (χ0n) is 15.7. The zero-order valence-corrected chi connectivity index (χ0v) is 16.6. The minimum absolute atomic E-state index is 0.0477. The normalized spacial score (nSPS) is 27.6. The Balaban J connectivity index is 1.75. The third kappa shape index (κ3) is 4.36. The second-order valence-corrected chi connectivity index (χ2v) is 9.98. The molecule has 2 aliphatic heterocycles. The van der Waals surface area contributed by atoms with Crippen LogP contribution in [0.25, 0.3) is 0 Å². The zero-order chi connectivity index (χ0) is 20.5. The SMILES string of the molecule is COP1(=O)CCC(c2c(F)cc(N3C[C@H](CNC(C)=O)OC3=O)cc2F)CC1. The van der Waals surface area contributed by atoms with Crippen LogP contribution in [0.5, 0.6) is 0 Å². The highest BCUT2D eigenvalue weighted by atomic mass is 31.2. The van der Waals surface area contributed by atoms with E-state index in [0.29, 0.717) is 12.8 Å². The van der Waals surface area contributed by atoms with Crippen LogP contribution >= 0.6 is 7.37 Å². The molecule has 0 radical (unpaired) electrons. The molecule has 1 N–H and O–H groups in total. The Hall–Kier alpha value is -1.99. The fourth-order valence-electron chi connectivity index (χ4n) is 3.65. The lowest BCUT2D eigenvalue weighted by Gasteiger charge is -2.28. The molecule has 7 nitrogen and oxygen atoms in total. The monoisotopic (exact) mass is 416 g/mol. The van der Waals surface area contributed by atoms with Crippen molar-refractivity contribution < 1.29 is 32.2 Å². The molecule has 2 heterocycles. The molecule has 2 amide bonds. The fourth-order valence-corrected chi connectivity index (χ4v) is 5.64. The summed E-state index contributed by atoms with van der Waals surface area (Å²) in [4.78, 5) is 24.2. The number of rotatable bonds is 5. The second kappa shape index (κ2) is 8.17. The van der Waals surface area contributed by atoms with E-state index in [-0.39, 0.29) is 48.5 Å². The van der Waals surface area contributed by atoms with E-state index in [9.17, 15) is 22.9 Å².